The molecule has 0 unspecified atom stereocenters. The highest BCUT2D eigenvalue weighted by Gasteiger charge is 2.08. The number of hydrogen-bond acceptors (Lipinski definition) is 4. The number of benzene rings is 3. The van der Waals surface area contributed by atoms with E-state index < -0.39 is 0 Å². The molecule has 0 saturated heterocycles. The van der Waals surface area contributed by atoms with Crippen LogP contribution in [0.3, 0.4) is 0 Å². The molecule has 27 heavy (non-hydrogen) atoms. The van der Waals surface area contributed by atoms with Crippen LogP contribution in [-0.4, -0.2) is 16.3 Å². The Morgan fingerprint density at radius 3 is 2.59 bits per heavy atom. The summed E-state index contributed by atoms with van der Waals surface area (Å²) in [4.78, 5) is 9.02. The molecule has 0 saturated carbocycles. The van der Waals surface area contributed by atoms with Gasteiger partial charge in [0.25, 0.3) is 0 Å². The molecule has 0 bridgehead atoms. The van der Waals surface area contributed by atoms with Crippen molar-refractivity contribution < 1.29 is 9.52 Å². The number of fused-ring (bicyclic) bond motifs is 1. The lowest BCUT2D eigenvalue weighted by Gasteiger charge is -2.03. The van der Waals surface area contributed by atoms with E-state index in [0.29, 0.717) is 11.5 Å². The van der Waals surface area contributed by atoms with Gasteiger partial charge in [0.2, 0.25) is 5.89 Å². The summed E-state index contributed by atoms with van der Waals surface area (Å²) in [5.41, 5.74) is 5.18. The summed E-state index contributed by atoms with van der Waals surface area (Å²) in [6.07, 6.45) is 1.68. The summed E-state index contributed by atoms with van der Waals surface area (Å²) < 4.78 is 7.70. The van der Waals surface area contributed by atoms with Crippen molar-refractivity contribution in [2.24, 2.45) is 4.99 Å². The smallest absolute Gasteiger partial charge is 0.227 e. The molecule has 0 spiro atoms. The van der Waals surface area contributed by atoms with E-state index in [1.54, 1.807) is 6.21 Å². The third kappa shape index (κ3) is 4.01. The second-order valence-electron chi connectivity index (χ2n) is 6.12. The Balaban J connectivity index is 1.60. The molecule has 134 valence electrons. The van der Waals surface area contributed by atoms with Crippen molar-refractivity contribution in [3.63, 3.8) is 0 Å². The average Bonchev–Trinajstić information content (AvgIpc) is 3.07. The maximum atomic E-state index is 10.2. The first kappa shape index (κ1) is 18.4. The van der Waals surface area contributed by atoms with E-state index in [0.717, 1.165) is 35.1 Å². The Kier molecular flexibility index (Phi) is 5.18. The van der Waals surface area contributed by atoms with E-state index in [-0.39, 0.29) is 5.75 Å². The average molecular weight is 580 g/mol. The highest BCUT2D eigenvalue weighted by atomic mass is 127. The molecule has 0 radical (unpaired) electrons. The maximum Gasteiger partial charge on any atom is 0.227 e. The SMILES string of the molecule is Cc1ccc2oc(-c3ccc(N=Cc4cc(I)cc(I)c4O)cc3)nc2c1. The van der Waals surface area contributed by atoms with Gasteiger partial charge in [0.05, 0.1) is 9.26 Å². The van der Waals surface area contributed by atoms with Gasteiger partial charge < -0.3 is 9.52 Å². The molecule has 0 aliphatic rings. The highest BCUT2D eigenvalue weighted by Crippen LogP contribution is 2.28. The first-order chi connectivity index (χ1) is 13.0. The molecule has 1 N–H and O–H groups in total. The topological polar surface area (TPSA) is 58.6 Å². The Labute approximate surface area is 183 Å². The lowest BCUT2D eigenvalue weighted by Crippen LogP contribution is -1.87. The number of phenols is 1. The van der Waals surface area contributed by atoms with Crippen LogP contribution in [-0.2, 0) is 0 Å². The molecule has 6 heteroatoms. The number of aryl methyl sites for hydroxylation is 1. The van der Waals surface area contributed by atoms with Gasteiger partial charge in [0, 0.05) is 20.9 Å². The molecule has 3 aromatic carbocycles. The molecular formula is C21H14I2N2O2. The van der Waals surface area contributed by atoms with Gasteiger partial charge in [-0.05, 0) is 106 Å². The Hall–Kier alpha value is -1.94. The van der Waals surface area contributed by atoms with Gasteiger partial charge in [-0.2, -0.15) is 0 Å². The van der Waals surface area contributed by atoms with Crippen molar-refractivity contribution in [2.75, 3.05) is 0 Å². The van der Waals surface area contributed by atoms with Crippen LogP contribution in [0.4, 0.5) is 5.69 Å². The Morgan fingerprint density at radius 1 is 1.04 bits per heavy atom. The van der Waals surface area contributed by atoms with Gasteiger partial charge in [0.15, 0.2) is 5.58 Å². The van der Waals surface area contributed by atoms with Gasteiger partial charge in [-0.1, -0.05) is 6.07 Å². The summed E-state index contributed by atoms with van der Waals surface area (Å²) in [5.74, 6) is 0.842. The van der Waals surface area contributed by atoms with Crippen molar-refractivity contribution in [3.05, 3.63) is 72.9 Å². The zero-order valence-corrected chi connectivity index (χ0v) is 18.6. The quantitative estimate of drug-likeness (QED) is 0.224. The number of aromatic nitrogens is 1. The Morgan fingerprint density at radius 2 is 1.81 bits per heavy atom. The van der Waals surface area contributed by atoms with Crippen LogP contribution in [0.15, 0.2) is 64.0 Å². The lowest BCUT2D eigenvalue weighted by molar-refractivity contribution is 0.470. The van der Waals surface area contributed by atoms with E-state index in [9.17, 15) is 5.11 Å². The molecular weight excluding hydrogens is 566 g/mol. The normalized spacial score (nSPS) is 11.5. The zero-order valence-electron chi connectivity index (χ0n) is 14.3. The predicted octanol–water partition coefficient (Wildman–Crippen LogP) is 6.47. The van der Waals surface area contributed by atoms with Crippen LogP contribution < -0.4 is 0 Å². The standard InChI is InChI=1S/C21H14I2N2O2/c1-12-2-7-19-18(8-12)25-21(27-19)13-3-5-16(6-4-13)24-11-14-9-15(22)10-17(23)20(14)26/h2-11,26H,1H3. The number of oxazole rings is 1. The predicted molar refractivity (Wildman–Crippen MR) is 125 cm³/mol. The van der Waals surface area contributed by atoms with E-state index in [1.807, 2.05) is 61.5 Å². The molecule has 0 fully saturated rings. The van der Waals surface area contributed by atoms with Gasteiger partial charge in [0.1, 0.15) is 11.3 Å². The minimum atomic E-state index is 0.248. The lowest BCUT2D eigenvalue weighted by atomic mass is 10.2. The number of hydrogen-bond donors (Lipinski definition) is 1. The van der Waals surface area contributed by atoms with E-state index in [2.05, 4.69) is 55.2 Å². The minimum Gasteiger partial charge on any atom is -0.506 e. The second kappa shape index (κ2) is 7.59. The van der Waals surface area contributed by atoms with Crippen LogP contribution in [0.25, 0.3) is 22.6 Å². The molecule has 0 aliphatic carbocycles. The van der Waals surface area contributed by atoms with Gasteiger partial charge in [-0.25, -0.2) is 4.98 Å². The van der Waals surface area contributed by atoms with Gasteiger partial charge in [-0.15, -0.1) is 0 Å². The molecule has 1 heterocycles. The van der Waals surface area contributed by atoms with Crippen LogP contribution >= 0.6 is 45.2 Å². The van der Waals surface area contributed by atoms with Crippen LogP contribution in [0.2, 0.25) is 0 Å². The van der Waals surface area contributed by atoms with Gasteiger partial charge >= 0.3 is 0 Å². The largest absolute Gasteiger partial charge is 0.506 e. The summed E-state index contributed by atoms with van der Waals surface area (Å²) in [6.45, 7) is 2.03. The van der Waals surface area contributed by atoms with E-state index in [1.165, 1.54) is 0 Å². The second-order valence-corrected chi connectivity index (χ2v) is 8.53. The van der Waals surface area contributed by atoms with Crippen molar-refractivity contribution in [3.8, 4) is 17.2 Å². The molecule has 4 rings (SSSR count). The molecule has 4 aromatic rings. The third-order valence-corrected chi connectivity index (χ3v) is 5.51. The molecule has 0 amide bonds. The summed E-state index contributed by atoms with van der Waals surface area (Å²) >= 11 is 4.34. The fraction of sp³-hybridized carbons (Fsp3) is 0.0476. The molecule has 0 atom stereocenters. The number of halogens is 2. The number of phenolic OH excluding ortho intramolecular Hbond substituents is 1. The number of nitrogens with zero attached hydrogens (tertiary/aromatic N) is 2. The Bertz CT molecular complexity index is 1160. The van der Waals surface area contributed by atoms with Crippen molar-refractivity contribution in [2.45, 2.75) is 6.92 Å². The van der Waals surface area contributed by atoms with Crippen molar-refractivity contribution in [1.82, 2.24) is 4.98 Å². The first-order valence-electron chi connectivity index (χ1n) is 8.19. The molecule has 0 aliphatic heterocycles. The number of rotatable bonds is 3. The number of aliphatic imine (C=N–C) groups is 1. The van der Waals surface area contributed by atoms with Crippen LogP contribution in [0.5, 0.6) is 5.75 Å². The van der Waals surface area contributed by atoms with E-state index >= 15 is 0 Å². The monoisotopic (exact) mass is 580 g/mol. The van der Waals surface area contributed by atoms with Crippen LogP contribution in [0.1, 0.15) is 11.1 Å². The van der Waals surface area contributed by atoms with Gasteiger partial charge in [-0.3, -0.25) is 4.99 Å². The number of aromatic hydroxyl groups is 1. The maximum absolute atomic E-state index is 10.2. The minimum absolute atomic E-state index is 0.248. The van der Waals surface area contributed by atoms with Crippen molar-refractivity contribution in [1.29, 1.82) is 0 Å². The fourth-order valence-electron chi connectivity index (χ4n) is 2.68. The van der Waals surface area contributed by atoms with Crippen molar-refractivity contribution >= 4 is 68.2 Å². The van der Waals surface area contributed by atoms with Crippen LogP contribution in [0, 0.1) is 14.1 Å². The summed E-state index contributed by atoms with van der Waals surface area (Å²) in [6, 6.07) is 17.5. The first-order valence-corrected chi connectivity index (χ1v) is 10.3. The molecule has 1 aromatic heterocycles. The summed E-state index contributed by atoms with van der Waals surface area (Å²) in [7, 11) is 0. The highest BCUT2D eigenvalue weighted by molar-refractivity contribution is 14.1. The third-order valence-electron chi connectivity index (χ3n) is 4.07. The van der Waals surface area contributed by atoms with E-state index in [4.69, 9.17) is 4.42 Å². The molecule has 4 nitrogen and oxygen atoms in total. The summed E-state index contributed by atoms with van der Waals surface area (Å²) in [5, 5.41) is 10.2. The zero-order chi connectivity index (χ0) is 19.0. The fourth-order valence-corrected chi connectivity index (χ4v) is 4.57.